The van der Waals surface area contributed by atoms with E-state index in [0.29, 0.717) is 24.4 Å². The fraction of sp³-hybridized carbons (Fsp3) is 0.562. The summed E-state index contributed by atoms with van der Waals surface area (Å²) in [6.07, 6.45) is 2.13. The molecule has 1 aliphatic rings. The lowest BCUT2D eigenvalue weighted by atomic mass is 9.92. The van der Waals surface area contributed by atoms with Crippen LogP contribution in [0.1, 0.15) is 36.5 Å². The number of nitrogens with zero attached hydrogens (tertiary/aromatic N) is 1. The maximum absolute atomic E-state index is 13.1. The number of hydrogen-bond donors (Lipinski definition) is 1. The summed E-state index contributed by atoms with van der Waals surface area (Å²) in [5, 5.41) is 9.55. The summed E-state index contributed by atoms with van der Waals surface area (Å²) < 4.78 is 13.1. The van der Waals surface area contributed by atoms with E-state index >= 15 is 0 Å². The van der Waals surface area contributed by atoms with E-state index in [1.807, 2.05) is 6.92 Å². The Hall–Kier alpha value is -1.26. The number of Topliss-reactive ketones (excluding diaryl/α,β-unsaturated/α-hetero) is 1. The third kappa shape index (κ3) is 4.12. The van der Waals surface area contributed by atoms with Crippen molar-refractivity contribution in [1.29, 1.82) is 0 Å². The predicted octanol–water partition coefficient (Wildman–Crippen LogP) is 2.49. The monoisotopic (exact) mass is 279 g/mol. The van der Waals surface area contributed by atoms with Gasteiger partial charge in [0, 0.05) is 18.5 Å². The van der Waals surface area contributed by atoms with Crippen LogP contribution in [0.15, 0.2) is 24.3 Å². The van der Waals surface area contributed by atoms with Crippen LogP contribution in [0.2, 0.25) is 0 Å². The van der Waals surface area contributed by atoms with Crippen LogP contribution < -0.4 is 0 Å². The lowest BCUT2D eigenvalue weighted by Crippen LogP contribution is -2.38. The van der Waals surface area contributed by atoms with Gasteiger partial charge in [-0.2, -0.15) is 0 Å². The van der Waals surface area contributed by atoms with Crippen LogP contribution in [0.5, 0.6) is 0 Å². The second kappa shape index (κ2) is 6.95. The molecule has 1 aliphatic heterocycles. The number of benzene rings is 1. The number of likely N-dealkylation sites (tertiary alicyclic amines) is 1. The van der Waals surface area contributed by atoms with Gasteiger partial charge in [0.15, 0.2) is 5.78 Å². The average Bonchev–Trinajstić information content (AvgIpc) is 2.45. The second-order valence-electron chi connectivity index (χ2n) is 5.60. The van der Waals surface area contributed by atoms with Gasteiger partial charge in [-0.25, -0.2) is 4.39 Å². The minimum absolute atomic E-state index is 0.0119. The molecular formula is C16H22FNO2. The van der Waals surface area contributed by atoms with Gasteiger partial charge in [-0.1, -0.05) is 12.1 Å². The van der Waals surface area contributed by atoms with Crippen LogP contribution in [0.4, 0.5) is 4.39 Å². The molecule has 1 aromatic rings. The average molecular weight is 279 g/mol. The summed E-state index contributed by atoms with van der Waals surface area (Å²) in [4.78, 5) is 14.2. The normalized spacial score (nSPS) is 18.9. The van der Waals surface area contributed by atoms with Crippen molar-refractivity contribution in [2.24, 2.45) is 5.92 Å². The molecule has 110 valence electrons. The minimum atomic E-state index is -0.367. The summed E-state index contributed by atoms with van der Waals surface area (Å²) in [5.41, 5.74) is 0.448. The quantitative estimate of drug-likeness (QED) is 0.842. The first-order valence-corrected chi connectivity index (χ1v) is 7.25. The van der Waals surface area contributed by atoms with E-state index in [1.54, 1.807) is 12.1 Å². The van der Waals surface area contributed by atoms with Gasteiger partial charge >= 0.3 is 0 Å². The fourth-order valence-electron chi connectivity index (χ4n) is 2.72. The molecule has 1 saturated heterocycles. The second-order valence-corrected chi connectivity index (χ2v) is 5.60. The van der Waals surface area contributed by atoms with Crippen LogP contribution in [-0.4, -0.2) is 41.5 Å². The maximum Gasteiger partial charge on any atom is 0.164 e. The highest BCUT2D eigenvalue weighted by molar-refractivity contribution is 5.96. The van der Waals surface area contributed by atoms with Crippen molar-refractivity contribution in [3.05, 3.63) is 35.6 Å². The smallest absolute Gasteiger partial charge is 0.164 e. The molecule has 0 bridgehead atoms. The highest BCUT2D eigenvalue weighted by atomic mass is 19.1. The van der Waals surface area contributed by atoms with Gasteiger partial charge in [0.2, 0.25) is 0 Å². The number of ketones is 1. The lowest BCUT2D eigenvalue weighted by Gasteiger charge is -2.33. The van der Waals surface area contributed by atoms with Crippen LogP contribution in [-0.2, 0) is 0 Å². The molecule has 1 atom stereocenters. The van der Waals surface area contributed by atoms with Crippen molar-refractivity contribution < 1.29 is 14.3 Å². The first-order valence-electron chi connectivity index (χ1n) is 7.25. The molecular weight excluding hydrogens is 257 g/mol. The largest absolute Gasteiger partial charge is 0.393 e. The molecule has 0 amide bonds. The number of aliphatic hydroxyl groups excluding tert-OH is 1. The Morgan fingerprint density at radius 2 is 2.15 bits per heavy atom. The molecule has 0 aliphatic carbocycles. The fourth-order valence-corrected chi connectivity index (χ4v) is 2.72. The number of carbonyl (C=O) groups is 1. The van der Waals surface area contributed by atoms with Gasteiger partial charge in [-0.15, -0.1) is 0 Å². The minimum Gasteiger partial charge on any atom is -0.393 e. The number of halogens is 1. The molecule has 1 aromatic carbocycles. The Morgan fingerprint density at radius 3 is 2.75 bits per heavy atom. The van der Waals surface area contributed by atoms with Gasteiger partial charge in [0.05, 0.1) is 6.10 Å². The van der Waals surface area contributed by atoms with Crippen LogP contribution in [0, 0.1) is 11.7 Å². The number of hydrogen-bond acceptors (Lipinski definition) is 3. The zero-order valence-corrected chi connectivity index (χ0v) is 11.9. The van der Waals surface area contributed by atoms with Gasteiger partial charge in [0.25, 0.3) is 0 Å². The number of carbonyl (C=O) groups excluding carboxylic acids is 1. The Kier molecular flexibility index (Phi) is 5.26. The van der Waals surface area contributed by atoms with E-state index in [1.165, 1.54) is 12.1 Å². The zero-order valence-electron chi connectivity index (χ0n) is 11.9. The van der Waals surface area contributed by atoms with E-state index in [-0.39, 0.29) is 17.7 Å². The molecule has 0 spiro atoms. The zero-order chi connectivity index (χ0) is 14.5. The molecule has 2 rings (SSSR count). The predicted molar refractivity (Wildman–Crippen MR) is 76.2 cm³/mol. The summed E-state index contributed by atoms with van der Waals surface area (Å²) in [6, 6.07) is 5.86. The van der Waals surface area contributed by atoms with Crippen molar-refractivity contribution in [3.63, 3.8) is 0 Å². The summed E-state index contributed by atoms with van der Waals surface area (Å²) in [6.45, 7) is 4.40. The Labute approximate surface area is 119 Å². The van der Waals surface area contributed by atoms with Gasteiger partial charge in [0.1, 0.15) is 5.82 Å². The lowest BCUT2D eigenvalue weighted by molar-refractivity contribution is 0.0693. The topological polar surface area (TPSA) is 40.5 Å². The van der Waals surface area contributed by atoms with E-state index in [4.69, 9.17) is 0 Å². The molecule has 1 unspecified atom stereocenters. The van der Waals surface area contributed by atoms with E-state index in [9.17, 15) is 14.3 Å². The van der Waals surface area contributed by atoms with Crippen molar-refractivity contribution in [3.8, 4) is 0 Å². The Bertz CT molecular complexity index is 454. The highest BCUT2D eigenvalue weighted by Crippen LogP contribution is 2.20. The van der Waals surface area contributed by atoms with E-state index in [0.717, 1.165) is 25.9 Å². The first-order chi connectivity index (χ1) is 9.56. The van der Waals surface area contributed by atoms with Gasteiger partial charge < -0.3 is 10.0 Å². The van der Waals surface area contributed by atoms with Crippen LogP contribution >= 0.6 is 0 Å². The third-order valence-corrected chi connectivity index (χ3v) is 4.12. The summed E-state index contributed by atoms with van der Waals surface area (Å²) in [5.74, 6) is 0.000850. The molecule has 0 aromatic heterocycles. The molecule has 1 fully saturated rings. The van der Waals surface area contributed by atoms with Crippen molar-refractivity contribution >= 4 is 5.78 Å². The number of aliphatic hydroxyl groups is 1. The third-order valence-electron chi connectivity index (χ3n) is 4.12. The van der Waals surface area contributed by atoms with Gasteiger partial charge in [-0.3, -0.25) is 4.79 Å². The van der Waals surface area contributed by atoms with E-state index < -0.39 is 0 Å². The number of rotatable bonds is 5. The summed E-state index contributed by atoms with van der Waals surface area (Å²) in [7, 11) is 0. The Balaban J connectivity index is 1.77. The molecule has 20 heavy (non-hydrogen) atoms. The molecule has 1 heterocycles. The van der Waals surface area contributed by atoms with E-state index in [2.05, 4.69) is 4.90 Å². The van der Waals surface area contributed by atoms with Crippen molar-refractivity contribution in [1.82, 2.24) is 4.90 Å². The van der Waals surface area contributed by atoms with Crippen LogP contribution in [0.3, 0.4) is 0 Å². The molecule has 0 saturated carbocycles. The van der Waals surface area contributed by atoms with Crippen molar-refractivity contribution in [2.45, 2.75) is 32.3 Å². The molecule has 0 radical (unpaired) electrons. The standard InChI is InChI=1S/C16H22FNO2/c1-12(19)13-5-8-18(9-6-13)10-7-16(20)14-3-2-4-15(17)11-14/h2-4,11-13,19H,5-10H2,1H3. The SMILES string of the molecule is CC(O)C1CCN(CCC(=O)c2cccc(F)c2)CC1. The Morgan fingerprint density at radius 1 is 1.45 bits per heavy atom. The summed E-state index contributed by atoms with van der Waals surface area (Å²) >= 11 is 0. The maximum atomic E-state index is 13.1. The highest BCUT2D eigenvalue weighted by Gasteiger charge is 2.22. The molecule has 1 N–H and O–H groups in total. The van der Waals surface area contributed by atoms with Crippen molar-refractivity contribution in [2.75, 3.05) is 19.6 Å². The molecule has 3 nitrogen and oxygen atoms in total. The molecule has 4 heteroatoms. The number of piperidine rings is 1. The van der Waals surface area contributed by atoms with Gasteiger partial charge in [-0.05, 0) is 50.9 Å². The van der Waals surface area contributed by atoms with Crippen LogP contribution in [0.25, 0.3) is 0 Å². The first kappa shape index (κ1) is 15.1.